The number of H-pyrrole nitrogens is 1. The third-order valence-corrected chi connectivity index (χ3v) is 3.55. The maximum atomic E-state index is 5.23. The summed E-state index contributed by atoms with van der Waals surface area (Å²) in [4.78, 5) is 5.45. The number of rotatable bonds is 3. The van der Waals surface area contributed by atoms with Gasteiger partial charge in [0, 0.05) is 6.04 Å². The molecule has 0 fully saturated rings. The molecule has 86 valence electrons. The number of thiazole rings is 1. The molecule has 0 aliphatic rings. The minimum atomic E-state index is 0.299. The second kappa shape index (κ2) is 4.47. The van der Waals surface area contributed by atoms with E-state index in [1.807, 2.05) is 10.1 Å². The van der Waals surface area contributed by atoms with Crippen LogP contribution in [-0.2, 0) is 6.42 Å². The van der Waals surface area contributed by atoms with Crippen LogP contribution in [0.4, 0.5) is 0 Å². The summed E-state index contributed by atoms with van der Waals surface area (Å²) in [5.74, 6) is 0.902. The Balaban J connectivity index is 2.61. The van der Waals surface area contributed by atoms with Crippen molar-refractivity contribution in [2.24, 2.45) is 0 Å². The average molecular weight is 254 g/mol. The molecule has 0 bridgehead atoms. The van der Waals surface area contributed by atoms with Crippen molar-refractivity contribution < 1.29 is 0 Å². The number of aromatic amines is 1. The molecule has 2 rings (SSSR count). The number of aryl methyl sites for hydroxylation is 1. The van der Waals surface area contributed by atoms with E-state index >= 15 is 0 Å². The van der Waals surface area contributed by atoms with Gasteiger partial charge in [-0.1, -0.05) is 6.92 Å². The highest BCUT2D eigenvalue weighted by Gasteiger charge is 2.16. The van der Waals surface area contributed by atoms with Gasteiger partial charge in [-0.25, -0.2) is 4.98 Å². The molecule has 2 heterocycles. The number of hydrogen-bond acceptors (Lipinski definition) is 4. The lowest BCUT2D eigenvalue weighted by molar-refractivity contribution is 0.597. The monoisotopic (exact) mass is 254 g/mol. The Hall–Kier alpha value is -1.01. The van der Waals surface area contributed by atoms with E-state index in [-0.39, 0.29) is 0 Å². The lowest BCUT2D eigenvalue weighted by Crippen LogP contribution is -2.03. The van der Waals surface area contributed by atoms with Crippen molar-refractivity contribution in [1.82, 2.24) is 19.7 Å². The molecule has 2 aromatic heterocycles. The standard InChI is InChI=1S/C10H14N4S2/c1-4-7-8(16-5-11-7)9-12-13-10(15)14(9)6(2)3/h5-6H,4H2,1-3H3,(H,13,15). The largest absolute Gasteiger partial charge is 0.297 e. The second-order valence-corrected chi connectivity index (χ2v) is 5.04. The van der Waals surface area contributed by atoms with Crippen LogP contribution in [0.5, 0.6) is 0 Å². The van der Waals surface area contributed by atoms with Crippen LogP contribution in [0.3, 0.4) is 0 Å². The summed E-state index contributed by atoms with van der Waals surface area (Å²) >= 11 is 6.84. The molecule has 0 radical (unpaired) electrons. The highest BCUT2D eigenvalue weighted by molar-refractivity contribution is 7.71. The Bertz CT molecular complexity index is 535. The van der Waals surface area contributed by atoms with Crippen molar-refractivity contribution >= 4 is 23.6 Å². The van der Waals surface area contributed by atoms with Crippen LogP contribution in [0.25, 0.3) is 10.7 Å². The van der Waals surface area contributed by atoms with Crippen molar-refractivity contribution in [3.8, 4) is 10.7 Å². The zero-order valence-electron chi connectivity index (χ0n) is 9.52. The van der Waals surface area contributed by atoms with Crippen LogP contribution < -0.4 is 0 Å². The molecule has 0 aliphatic heterocycles. The summed E-state index contributed by atoms with van der Waals surface area (Å²) in [5, 5.41) is 7.16. The van der Waals surface area contributed by atoms with Crippen LogP contribution in [0.2, 0.25) is 0 Å². The first kappa shape index (κ1) is 11.5. The minimum Gasteiger partial charge on any atom is -0.297 e. The fraction of sp³-hybridized carbons (Fsp3) is 0.500. The Kier molecular flexibility index (Phi) is 3.20. The minimum absolute atomic E-state index is 0.299. The van der Waals surface area contributed by atoms with E-state index in [1.165, 1.54) is 0 Å². The van der Waals surface area contributed by atoms with Gasteiger partial charge in [-0.3, -0.25) is 9.67 Å². The smallest absolute Gasteiger partial charge is 0.195 e. The third kappa shape index (κ3) is 1.82. The number of nitrogens with one attached hydrogen (secondary N) is 1. The molecule has 0 saturated heterocycles. The maximum Gasteiger partial charge on any atom is 0.195 e. The van der Waals surface area contributed by atoms with Crippen molar-refractivity contribution in [1.29, 1.82) is 0 Å². The molecule has 2 aromatic rings. The zero-order valence-corrected chi connectivity index (χ0v) is 11.2. The first-order valence-electron chi connectivity index (χ1n) is 5.24. The molecule has 0 saturated carbocycles. The Morgan fingerprint density at radius 3 is 2.94 bits per heavy atom. The Morgan fingerprint density at radius 1 is 1.56 bits per heavy atom. The molecule has 16 heavy (non-hydrogen) atoms. The first-order chi connectivity index (χ1) is 7.65. The molecule has 1 N–H and O–H groups in total. The second-order valence-electron chi connectivity index (χ2n) is 3.80. The van der Waals surface area contributed by atoms with E-state index in [9.17, 15) is 0 Å². The molecular weight excluding hydrogens is 240 g/mol. The van der Waals surface area contributed by atoms with Crippen LogP contribution in [0.15, 0.2) is 5.51 Å². The molecule has 0 amide bonds. The highest BCUT2D eigenvalue weighted by atomic mass is 32.1. The summed E-state index contributed by atoms with van der Waals surface area (Å²) in [6.45, 7) is 6.29. The van der Waals surface area contributed by atoms with Gasteiger partial charge in [0.25, 0.3) is 0 Å². The van der Waals surface area contributed by atoms with E-state index in [4.69, 9.17) is 12.2 Å². The quantitative estimate of drug-likeness (QED) is 0.856. The highest BCUT2D eigenvalue weighted by Crippen LogP contribution is 2.28. The van der Waals surface area contributed by atoms with Crippen LogP contribution in [-0.4, -0.2) is 19.7 Å². The van der Waals surface area contributed by atoms with E-state index in [2.05, 4.69) is 36.0 Å². The topological polar surface area (TPSA) is 46.5 Å². The molecule has 0 aliphatic carbocycles. The van der Waals surface area contributed by atoms with Crippen molar-refractivity contribution in [3.05, 3.63) is 16.0 Å². The third-order valence-electron chi connectivity index (χ3n) is 2.40. The van der Waals surface area contributed by atoms with Gasteiger partial charge < -0.3 is 0 Å². The average Bonchev–Trinajstić information content (AvgIpc) is 2.82. The summed E-state index contributed by atoms with van der Waals surface area (Å²) < 4.78 is 2.70. The molecule has 0 atom stereocenters. The summed E-state index contributed by atoms with van der Waals surface area (Å²) in [7, 11) is 0. The van der Waals surface area contributed by atoms with Gasteiger partial charge in [0.1, 0.15) is 0 Å². The fourth-order valence-electron chi connectivity index (χ4n) is 1.65. The molecule has 0 unspecified atom stereocenters. The van der Waals surface area contributed by atoms with Gasteiger partial charge in [-0.05, 0) is 32.5 Å². The van der Waals surface area contributed by atoms with Crippen molar-refractivity contribution in [2.45, 2.75) is 33.2 Å². The normalized spacial score (nSPS) is 11.2. The molecule has 0 spiro atoms. The lowest BCUT2D eigenvalue weighted by atomic mass is 10.2. The fourth-order valence-corrected chi connectivity index (χ4v) is 2.86. The van der Waals surface area contributed by atoms with Crippen molar-refractivity contribution in [2.75, 3.05) is 0 Å². The summed E-state index contributed by atoms with van der Waals surface area (Å²) in [6.07, 6.45) is 0.913. The number of aromatic nitrogens is 4. The predicted molar refractivity (Wildman–Crippen MR) is 68.3 cm³/mol. The van der Waals surface area contributed by atoms with Crippen LogP contribution in [0.1, 0.15) is 32.5 Å². The predicted octanol–water partition coefficient (Wildman–Crippen LogP) is 3.21. The summed E-state index contributed by atoms with van der Waals surface area (Å²) in [6, 6.07) is 0.299. The van der Waals surface area contributed by atoms with Crippen LogP contribution in [0, 0.1) is 4.77 Å². The number of nitrogens with zero attached hydrogens (tertiary/aromatic N) is 3. The Labute approximate surface area is 103 Å². The van der Waals surface area contributed by atoms with Crippen molar-refractivity contribution in [3.63, 3.8) is 0 Å². The molecular formula is C10H14N4S2. The van der Waals surface area contributed by atoms with Gasteiger partial charge in [0.15, 0.2) is 10.6 Å². The molecule has 0 aromatic carbocycles. The molecule has 4 nitrogen and oxygen atoms in total. The van der Waals surface area contributed by atoms with Crippen LogP contribution >= 0.6 is 23.6 Å². The van der Waals surface area contributed by atoms with E-state index < -0.39 is 0 Å². The Morgan fingerprint density at radius 2 is 2.31 bits per heavy atom. The summed E-state index contributed by atoms with van der Waals surface area (Å²) in [5.41, 5.74) is 2.94. The number of hydrogen-bond donors (Lipinski definition) is 1. The van der Waals surface area contributed by atoms with Gasteiger partial charge >= 0.3 is 0 Å². The van der Waals surface area contributed by atoms with Gasteiger partial charge in [0.2, 0.25) is 0 Å². The van der Waals surface area contributed by atoms with Gasteiger partial charge in [-0.2, -0.15) is 5.10 Å². The van der Waals surface area contributed by atoms with Gasteiger partial charge in [0.05, 0.1) is 16.1 Å². The SMILES string of the molecule is CCc1ncsc1-c1n[nH]c(=S)n1C(C)C. The first-order valence-corrected chi connectivity index (χ1v) is 6.53. The van der Waals surface area contributed by atoms with E-state index in [0.717, 1.165) is 22.8 Å². The maximum absolute atomic E-state index is 5.23. The van der Waals surface area contributed by atoms with E-state index in [1.54, 1.807) is 11.3 Å². The zero-order chi connectivity index (χ0) is 11.7. The lowest BCUT2D eigenvalue weighted by Gasteiger charge is -2.09. The molecule has 6 heteroatoms. The van der Waals surface area contributed by atoms with E-state index in [0.29, 0.717) is 10.8 Å². The van der Waals surface area contributed by atoms with Gasteiger partial charge in [-0.15, -0.1) is 11.3 Å².